The molecule has 0 aliphatic carbocycles. The molecule has 0 fully saturated rings. The molecule has 1 amide bonds. The largest absolute Gasteiger partial charge is 0.391 e. The highest BCUT2D eigenvalue weighted by Crippen LogP contribution is 2.27. The van der Waals surface area contributed by atoms with Gasteiger partial charge in [-0.25, -0.2) is 4.98 Å². The Morgan fingerprint density at radius 3 is 2.74 bits per heavy atom. The second-order valence-corrected chi connectivity index (χ2v) is 9.39. The van der Waals surface area contributed by atoms with E-state index in [0.29, 0.717) is 23.5 Å². The number of aliphatic hydroxyl groups is 1. The number of pyridine rings is 1. The number of thiazole rings is 1. The number of carbonyl (C=O) groups excluding carboxylic acids is 2. The molecule has 176 valence electrons. The highest BCUT2D eigenvalue weighted by molar-refractivity contribution is 7.10. The van der Waals surface area contributed by atoms with Gasteiger partial charge >= 0.3 is 0 Å². The number of benzene rings is 2. The van der Waals surface area contributed by atoms with Gasteiger partial charge in [0.2, 0.25) is 0 Å². The Labute approximate surface area is 206 Å². The molecule has 4 aromatic rings. The molecule has 3 heterocycles. The number of nitrogens with one attached hydrogen (secondary N) is 2. The SMILES string of the molecule is O=C(CNC(=O)c1ccc2c(c1)CC(O)CN2)Cc1nc(-c2cccc(-c3ccncc3)c2)cs1. The van der Waals surface area contributed by atoms with E-state index in [9.17, 15) is 14.7 Å². The molecular weight excluding hydrogens is 460 g/mol. The van der Waals surface area contributed by atoms with Gasteiger partial charge in [-0.1, -0.05) is 18.2 Å². The highest BCUT2D eigenvalue weighted by atomic mass is 32.1. The second-order valence-electron chi connectivity index (χ2n) is 8.45. The minimum atomic E-state index is -0.469. The van der Waals surface area contributed by atoms with Gasteiger partial charge in [0.25, 0.3) is 5.91 Å². The van der Waals surface area contributed by atoms with Crippen molar-refractivity contribution in [3.05, 3.63) is 88.5 Å². The van der Waals surface area contributed by atoms with E-state index in [1.54, 1.807) is 24.5 Å². The van der Waals surface area contributed by atoms with Crippen molar-refractivity contribution in [1.82, 2.24) is 15.3 Å². The summed E-state index contributed by atoms with van der Waals surface area (Å²) in [6.45, 7) is 0.435. The van der Waals surface area contributed by atoms with Crippen LogP contribution in [0.1, 0.15) is 20.9 Å². The molecule has 5 rings (SSSR count). The average Bonchev–Trinajstić information content (AvgIpc) is 3.36. The number of aromatic nitrogens is 2. The van der Waals surface area contributed by atoms with Crippen molar-refractivity contribution in [2.24, 2.45) is 0 Å². The topological polar surface area (TPSA) is 104 Å². The molecule has 1 aliphatic rings. The van der Waals surface area contributed by atoms with E-state index in [1.165, 1.54) is 11.3 Å². The van der Waals surface area contributed by atoms with Crippen LogP contribution in [0.25, 0.3) is 22.4 Å². The molecule has 0 radical (unpaired) electrons. The van der Waals surface area contributed by atoms with E-state index < -0.39 is 6.10 Å². The fourth-order valence-electron chi connectivity index (χ4n) is 4.07. The maximum Gasteiger partial charge on any atom is 0.251 e. The molecule has 1 atom stereocenters. The van der Waals surface area contributed by atoms with Crippen LogP contribution in [-0.2, 0) is 17.6 Å². The van der Waals surface area contributed by atoms with Crippen LogP contribution in [-0.4, -0.2) is 46.0 Å². The van der Waals surface area contributed by atoms with Gasteiger partial charge in [-0.3, -0.25) is 14.6 Å². The quantitative estimate of drug-likeness (QED) is 0.369. The Morgan fingerprint density at radius 2 is 1.89 bits per heavy atom. The first-order valence-electron chi connectivity index (χ1n) is 11.3. The number of aliphatic hydroxyl groups excluding tert-OH is 1. The van der Waals surface area contributed by atoms with Crippen molar-refractivity contribution in [3.8, 4) is 22.4 Å². The van der Waals surface area contributed by atoms with Gasteiger partial charge in [0.05, 0.1) is 24.8 Å². The number of hydrogen-bond donors (Lipinski definition) is 3. The zero-order valence-electron chi connectivity index (χ0n) is 18.9. The molecule has 0 spiro atoms. The third kappa shape index (κ3) is 5.45. The summed E-state index contributed by atoms with van der Waals surface area (Å²) >= 11 is 1.44. The van der Waals surface area contributed by atoms with Gasteiger partial charge in [-0.05, 0) is 53.1 Å². The smallest absolute Gasteiger partial charge is 0.251 e. The average molecular weight is 485 g/mol. The molecule has 8 heteroatoms. The maximum atomic E-state index is 12.5. The molecule has 35 heavy (non-hydrogen) atoms. The van der Waals surface area contributed by atoms with Gasteiger partial charge in [0.1, 0.15) is 5.01 Å². The van der Waals surface area contributed by atoms with E-state index in [1.807, 2.05) is 41.8 Å². The highest BCUT2D eigenvalue weighted by Gasteiger charge is 2.18. The monoisotopic (exact) mass is 484 g/mol. The van der Waals surface area contributed by atoms with Gasteiger partial charge in [0.15, 0.2) is 5.78 Å². The Morgan fingerprint density at radius 1 is 1.06 bits per heavy atom. The molecule has 1 unspecified atom stereocenters. The molecule has 0 saturated heterocycles. The Bertz CT molecular complexity index is 1370. The number of ketones is 1. The number of amides is 1. The Balaban J connectivity index is 1.19. The second kappa shape index (κ2) is 10.2. The first-order chi connectivity index (χ1) is 17.0. The summed E-state index contributed by atoms with van der Waals surface area (Å²) in [6.07, 6.45) is 3.72. The number of nitrogens with zero attached hydrogens (tertiary/aromatic N) is 2. The van der Waals surface area contributed by atoms with Crippen LogP contribution in [0, 0.1) is 0 Å². The van der Waals surface area contributed by atoms with E-state index in [2.05, 4.69) is 26.7 Å². The van der Waals surface area contributed by atoms with Crippen molar-refractivity contribution >= 4 is 28.7 Å². The van der Waals surface area contributed by atoms with Gasteiger partial charge in [0, 0.05) is 47.6 Å². The predicted molar refractivity (Wildman–Crippen MR) is 136 cm³/mol. The first kappa shape index (κ1) is 22.9. The van der Waals surface area contributed by atoms with Crippen molar-refractivity contribution in [2.45, 2.75) is 18.9 Å². The fourth-order valence-corrected chi connectivity index (χ4v) is 4.90. The number of β-amino-alcohol motifs (C(OH)–C–C–N with tert-alkyl or cyclic N) is 1. The summed E-state index contributed by atoms with van der Waals surface area (Å²) in [5, 5.41) is 18.3. The summed E-state index contributed by atoms with van der Waals surface area (Å²) in [5.74, 6) is -0.422. The van der Waals surface area contributed by atoms with Crippen molar-refractivity contribution in [3.63, 3.8) is 0 Å². The van der Waals surface area contributed by atoms with Gasteiger partial charge in [-0.15, -0.1) is 11.3 Å². The molecule has 0 saturated carbocycles. The number of fused-ring (bicyclic) bond motifs is 1. The van der Waals surface area contributed by atoms with Crippen LogP contribution < -0.4 is 10.6 Å². The number of hydrogen-bond acceptors (Lipinski definition) is 7. The van der Waals surface area contributed by atoms with Crippen LogP contribution in [0.15, 0.2) is 72.4 Å². The third-order valence-electron chi connectivity index (χ3n) is 5.87. The Hall–Kier alpha value is -3.88. The lowest BCUT2D eigenvalue weighted by Crippen LogP contribution is -2.31. The third-order valence-corrected chi connectivity index (χ3v) is 6.72. The summed E-state index contributed by atoms with van der Waals surface area (Å²) in [6, 6.07) is 17.3. The van der Waals surface area contributed by atoms with Crippen LogP contribution in [0.3, 0.4) is 0 Å². The van der Waals surface area contributed by atoms with Crippen molar-refractivity contribution < 1.29 is 14.7 Å². The molecule has 2 aromatic carbocycles. The molecule has 3 N–H and O–H groups in total. The van der Waals surface area contributed by atoms with Gasteiger partial charge < -0.3 is 15.7 Å². The van der Waals surface area contributed by atoms with Crippen LogP contribution in [0.5, 0.6) is 0 Å². The normalized spacial score (nSPS) is 14.6. The van der Waals surface area contributed by atoms with E-state index >= 15 is 0 Å². The zero-order chi connectivity index (χ0) is 24.2. The molecule has 7 nitrogen and oxygen atoms in total. The minimum absolute atomic E-state index is 0.0662. The molecule has 1 aliphatic heterocycles. The predicted octanol–water partition coefficient (Wildman–Crippen LogP) is 3.74. The van der Waals surface area contributed by atoms with Gasteiger partial charge in [-0.2, -0.15) is 0 Å². The summed E-state index contributed by atoms with van der Waals surface area (Å²) in [7, 11) is 0. The number of carbonyl (C=O) groups is 2. The molecule has 0 bridgehead atoms. The molecule has 2 aromatic heterocycles. The fraction of sp³-hybridized carbons (Fsp3) is 0.185. The van der Waals surface area contributed by atoms with Crippen LogP contribution in [0.4, 0.5) is 5.69 Å². The van der Waals surface area contributed by atoms with E-state index in [0.717, 1.165) is 33.6 Å². The summed E-state index contributed by atoms with van der Waals surface area (Å²) in [4.78, 5) is 33.8. The lowest BCUT2D eigenvalue weighted by molar-refractivity contribution is -0.117. The van der Waals surface area contributed by atoms with E-state index in [4.69, 9.17) is 0 Å². The summed E-state index contributed by atoms with van der Waals surface area (Å²) in [5.41, 5.74) is 6.25. The number of Topliss-reactive ketones (excluding diaryl/α,β-unsaturated/α-hetero) is 1. The van der Waals surface area contributed by atoms with Crippen LogP contribution in [0.2, 0.25) is 0 Å². The van der Waals surface area contributed by atoms with Crippen LogP contribution >= 0.6 is 11.3 Å². The summed E-state index contributed by atoms with van der Waals surface area (Å²) < 4.78 is 0. The lowest BCUT2D eigenvalue weighted by Gasteiger charge is -2.22. The standard InChI is InChI=1S/C27H24N4O3S/c32-22-12-21-11-20(4-5-24(21)29-14-22)27(34)30-15-23(33)13-26-31-25(16-35-26)19-3-1-2-18(10-19)17-6-8-28-9-7-17/h1-11,16,22,29,32H,12-15H2,(H,30,34). The number of anilines is 1. The Kier molecular flexibility index (Phi) is 6.65. The van der Waals surface area contributed by atoms with Crippen molar-refractivity contribution in [2.75, 3.05) is 18.4 Å². The first-order valence-corrected chi connectivity index (χ1v) is 12.2. The maximum absolute atomic E-state index is 12.5. The number of rotatable bonds is 7. The van der Waals surface area contributed by atoms with Crippen molar-refractivity contribution in [1.29, 1.82) is 0 Å². The van der Waals surface area contributed by atoms with E-state index in [-0.39, 0.29) is 24.7 Å². The lowest BCUT2D eigenvalue weighted by atomic mass is 9.99. The zero-order valence-corrected chi connectivity index (χ0v) is 19.7. The molecular formula is C27H24N4O3S. The minimum Gasteiger partial charge on any atom is -0.391 e.